The number of aromatic nitrogens is 3. The molecule has 21 heavy (non-hydrogen) atoms. The zero-order valence-electron chi connectivity index (χ0n) is 11.4. The Balaban J connectivity index is 1.70. The summed E-state index contributed by atoms with van der Waals surface area (Å²) in [5, 5.41) is 3.93. The van der Waals surface area contributed by atoms with E-state index in [1.807, 2.05) is 31.2 Å². The number of aryl methyl sites for hydroxylation is 1. The molecule has 0 aliphatic carbocycles. The van der Waals surface area contributed by atoms with Crippen molar-refractivity contribution in [2.45, 2.75) is 6.92 Å². The van der Waals surface area contributed by atoms with Crippen molar-refractivity contribution in [3.05, 3.63) is 65.9 Å². The molecule has 6 heteroatoms. The average molecular weight is 279 g/mol. The number of fused-ring (bicyclic) bond motifs is 1. The van der Waals surface area contributed by atoms with Gasteiger partial charge in [-0.3, -0.25) is 9.78 Å². The van der Waals surface area contributed by atoms with E-state index in [1.165, 1.54) is 5.56 Å². The van der Waals surface area contributed by atoms with Gasteiger partial charge in [-0.25, -0.2) is 10.4 Å². The third-order valence-corrected chi connectivity index (χ3v) is 2.95. The van der Waals surface area contributed by atoms with E-state index in [0.717, 1.165) is 5.56 Å². The number of hydrogen-bond acceptors (Lipinski definition) is 4. The predicted octanol–water partition coefficient (Wildman–Crippen LogP) is 1.80. The highest BCUT2D eigenvalue weighted by molar-refractivity contribution is 5.93. The average Bonchev–Trinajstić information content (AvgIpc) is 2.93. The first-order valence-corrected chi connectivity index (χ1v) is 6.41. The van der Waals surface area contributed by atoms with Crippen molar-refractivity contribution in [3.63, 3.8) is 0 Å². The van der Waals surface area contributed by atoms with Crippen LogP contribution in [0.3, 0.4) is 0 Å². The van der Waals surface area contributed by atoms with E-state index in [-0.39, 0.29) is 5.91 Å². The first kappa shape index (κ1) is 13.0. The van der Waals surface area contributed by atoms with Crippen LogP contribution < -0.4 is 5.43 Å². The molecule has 0 aliphatic rings. The lowest BCUT2D eigenvalue weighted by atomic mass is 10.2. The molecule has 0 saturated carbocycles. The van der Waals surface area contributed by atoms with Crippen molar-refractivity contribution in [1.82, 2.24) is 19.8 Å². The van der Waals surface area contributed by atoms with Crippen LogP contribution in [0.1, 0.15) is 21.6 Å². The van der Waals surface area contributed by atoms with Crippen molar-refractivity contribution < 1.29 is 4.79 Å². The molecule has 0 bridgehead atoms. The Morgan fingerprint density at radius 2 is 2.14 bits per heavy atom. The number of amides is 1. The fourth-order valence-corrected chi connectivity index (χ4v) is 1.83. The highest BCUT2D eigenvalue weighted by Gasteiger charge is 2.09. The lowest BCUT2D eigenvalue weighted by Gasteiger charge is -1.96. The maximum atomic E-state index is 11.9. The standard InChI is InChI=1S/C15H13N5O/c1-11-2-4-12(5-3-11)8-17-19-15(21)13-10-20-7-6-16-9-14(20)18-13/h2-10H,1H3,(H,19,21)/b17-8+. The lowest BCUT2D eigenvalue weighted by Crippen LogP contribution is -2.17. The number of imidazole rings is 1. The molecule has 2 aromatic heterocycles. The summed E-state index contributed by atoms with van der Waals surface area (Å²) in [6, 6.07) is 7.83. The summed E-state index contributed by atoms with van der Waals surface area (Å²) in [6.07, 6.45) is 8.18. The monoisotopic (exact) mass is 279 g/mol. The number of hydrazone groups is 1. The van der Waals surface area contributed by atoms with Gasteiger partial charge >= 0.3 is 0 Å². The molecule has 0 radical (unpaired) electrons. The van der Waals surface area contributed by atoms with E-state index in [4.69, 9.17) is 0 Å². The van der Waals surface area contributed by atoms with E-state index in [0.29, 0.717) is 11.3 Å². The van der Waals surface area contributed by atoms with E-state index >= 15 is 0 Å². The molecule has 0 aliphatic heterocycles. The molecule has 1 aromatic carbocycles. The summed E-state index contributed by atoms with van der Waals surface area (Å²) < 4.78 is 1.73. The van der Waals surface area contributed by atoms with Gasteiger partial charge in [-0.05, 0) is 12.5 Å². The highest BCUT2D eigenvalue weighted by Crippen LogP contribution is 2.03. The molecule has 0 fully saturated rings. The van der Waals surface area contributed by atoms with Crippen LogP contribution in [-0.2, 0) is 0 Å². The van der Waals surface area contributed by atoms with Gasteiger partial charge in [0.1, 0.15) is 5.69 Å². The molecule has 0 spiro atoms. The van der Waals surface area contributed by atoms with Crippen LogP contribution in [0, 0.1) is 6.92 Å². The van der Waals surface area contributed by atoms with Gasteiger partial charge < -0.3 is 4.40 Å². The van der Waals surface area contributed by atoms with Gasteiger partial charge in [-0.1, -0.05) is 29.8 Å². The van der Waals surface area contributed by atoms with E-state index < -0.39 is 0 Å². The van der Waals surface area contributed by atoms with Gasteiger partial charge in [0, 0.05) is 18.6 Å². The molecular formula is C15H13N5O. The Hall–Kier alpha value is -3.02. The van der Waals surface area contributed by atoms with Gasteiger partial charge in [0.2, 0.25) is 0 Å². The maximum Gasteiger partial charge on any atom is 0.291 e. The Labute approximate surface area is 121 Å². The summed E-state index contributed by atoms with van der Waals surface area (Å²) >= 11 is 0. The van der Waals surface area contributed by atoms with Crippen LogP contribution in [0.4, 0.5) is 0 Å². The fraction of sp³-hybridized carbons (Fsp3) is 0.0667. The molecule has 1 N–H and O–H groups in total. The number of nitrogens with one attached hydrogen (secondary N) is 1. The maximum absolute atomic E-state index is 11.9. The minimum atomic E-state index is -0.359. The molecule has 3 aromatic rings. The Morgan fingerprint density at radius 3 is 2.90 bits per heavy atom. The van der Waals surface area contributed by atoms with E-state index in [1.54, 1.807) is 35.4 Å². The molecule has 0 saturated heterocycles. The van der Waals surface area contributed by atoms with Gasteiger partial charge in [0.25, 0.3) is 5.91 Å². The number of nitrogens with zero attached hydrogens (tertiary/aromatic N) is 4. The molecule has 1 amide bonds. The van der Waals surface area contributed by atoms with Crippen molar-refractivity contribution in [2.75, 3.05) is 0 Å². The largest absolute Gasteiger partial charge is 0.303 e. The number of carbonyl (C=O) groups is 1. The first-order valence-electron chi connectivity index (χ1n) is 6.41. The molecule has 104 valence electrons. The second-order valence-corrected chi connectivity index (χ2v) is 4.58. The third kappa shape index (κ3) is 2.94. The van der Waals surface area contributed by atoms with Gasteiger partial charge in [0.05, 0.1) is 12.4 Å². The fourth-order valence-electron chi connectivity index (χ4n) is 1.83. The molecule has 6 nitrogen and oxygen atoms in total. The SMILES string of the molecule is Cc1ccc(/C=N/NC(=O)c2cn3ccncc3n2)cc1. The van der Waals surface area contributed by atoms with Crippen molar-refractivity contribution in [3.8, 4) is 0 Å². The zero-order chi connectivity index (χ0) is 14.7. The number of rotatable bonds is 3. The summed E-state index contributed by atoms with van der Waals surface area (Å²) in [7, 11) is 0. The quantitative estimate of drug-likeness (QED) is 0.587. The summed E-state index contributed by atoms with van der Waals surface area (Å²) in [6.45, 7) is 2.01. The van der Waals surface area contributed by atoms with Crippen LogP contribution in [0.25, 0.3) is 5.65 Å². The van der Waals surface area contributed by atoms with Crippen molar-refractivity contribution in [2.24, 2.45) is 5.10 Å². The summed E-state index contributed by atoms with van der Waals surface area (Å²) in [4.78, 5) is 20.1. The minimum absolute atomic E-state index is 0.295. The van der Waals surface area contributed by atoms with E-state index in [9.17, 15) is 4.79 Å². The minimum Gasteiger partial charge on any atom is -0.303 e. The molecule has 0 atom stereocenters. The zero-order valence-corrected chi connectivity index (χ0v) is 11.4. The van der Waals surface area contributed by atoms with Gasteiger partial charge in [0.15, 0.2) is 5.65 Å². The second kappa shape index (κ2) is 5.54. The first-order chi connectivity index (χ1) is 10.2. The molecule has 2 heterocycles. The van der Waals surface area contributed by atoms with Crippen LogP contribution in [0.5, 0.6) is 0 Å². The lowest BCUT2D eigenvalue weighted by molar-refractivity contribution is 0.0951. The molecule has 3 rings (SSSR count). The normalized spacial score (nSPS) is 11.1. The molecule has 0 unspecified atom stereocenters. The number of hydrogen-bond donors (Lipinski definition) is 1. The second-order valence-electron chi connectivity index (χ2n) is 4.58. The van der Waals surface area contributed by atoms with Gasteiger partial charge in [-0.15, -0.1) is 0 Å². The van der Waals surface area contributed by atoms with Gasteiger partial charge in [-0.2, -0.15) is 5.10 Å². The topological polar surface area (TPSA) is 71.7 Å². The van der Waals surface area contributed by atoms with Crippen molar-refractivity contribution >= 4 is 17.8 Å². The smallest absolute Gasteiger partial charge is 0.291 e. The van der Waals surface area contributed by atoms with Crippen molar-refractivity contribution in [1.29, 1.82) is 0 Å². The number of carbonyl (C=O) groups excluding carboxylic acids is 1. The Kier molecular flexibility index (Phi) is 3.42. The number of benzene rings is 1. The highest BCUT2D eigenvalue weighted by atomic mass is 16.2. The molecular weight excluding hydrogens is 266 g/mol. The van der Waals surface area contributed by atoms with Crippen LogP contribution >= 0.6 is 0 Å². The summed E-state index contributed by atoms with van der Waals surface area (Å²) in [5.74, 6) is -0.359. The Morgan fingerprint density at radius 1 is 1.33 bits per heavy atom. The summed E-state index contributed by atoms with van der Waals surface area (Å²) in [5.41, 5.74) is 5.46. The third-order valence-electron chi connectivity index (χ3n) is 2.95. The predicted molar refractivity (Wildman–Crippen MR) is 79.2 cm³/mol. The van der Waals surface area contributed by atoms with Crippen LogP contribution in [0.2, 0.25) is 0 Å². The van der Waals surface area contributed by atoms with Crippen LogP contribution in [0.15, 0.2) is 54.2 Å². The Bertz CT molecular complexity index is 771. The van der Waals surface area contributed by atoms with Crippen LogP contribution in [-0.4, -0.2) is 26.5 Å². The van der Waals surface area contributed by atoms with E-state index in [2.05, 4.69) is 20.5 Å².